The molecule has 1 unspecified atom stereocenters. The molecule has 1 rings (SSSR count). The molecule has 0 aromatic carbocycles. The van der Waals surface area contributed by atoms with E-state index in [4.69, 9.17) is 4.74 Å². The van der Waals surface area contributed by atoms with Crippen molar-refractivity contribution in [3.8, 4) is 0 Å². The second-order valence-electron chi connectivity index (χ2n) is 4.79. The number of hydrogen-bond donors (Lipinski definition) is 1. The molecule has 0 aliphatic carbocycles. The van der Waals surface area contributed by atoms with E-state index in [0.717, 1.165) is 31.6 Å². The minimum atomic E-state index is 0.430. The third kappa shape index (κ3) is 5.65. The Kier molecular flexibility index (Phi) is 8.33. The summed E-state index contributed by atoms with van der Waals surface area (Å²) < 4.78 is 7.01. The molecule has 0 saturated heterocycles. The lowest BCUT2D eigenvalue weighted by Crippen LogP contribution is -2.23. The summed E-state index contributed by atoms with van der Waals surface area (Å²) in [5.41, 5.74) is 0. The van der Waals surface area contributed by atoms with Crippen molar-refractivity contribution in [1.82, 2.24) is 25.5 Å². The van der Waals surface area contributed by atoms with E-state index in [0.29, 0.717) is 19.2 Å². The first-order chi connectivity index (χ1) is 9.33. The molecular formula is C13H27N5O. The van der Waals surface area contributed by atoms with Gasteiger partial charge in [-0.25, -0.2) is 4.68 Å². The van der Waals surface area contributed by atoms with E-state index in [1.165, 1.54) is 12.8 Å². The number of methoxy groups -OCH3 is 1. The van der Waals surface area contributed by atoms with Crippen LogP contribution in [0, 0.1) is 0 Å². The Morgan fingerprint density at radius 1 is 1.26 bits per heavy atom. The van der Waals surface area contributed by atoms with Gasteiger partial charge in [-0.3, -0.25) is 0 Å². The van der Waals surface area contributed by atoms with Crippen LogP contribution in [0.2, 0.25) is 0 Å². The molecule has 6 heteroatoms. The minimum absolute atomic E-state index is 0.430. The molecule has 1 aromatic rings. The highest BCUT2D eigenvalue weighted by Gasteiger charge is 2.15. The van der Waals surface area contributed by atoms with Crippen molar-refractivity contribution in [1.29, 1.82) is 0 Å². The van der Waals surface area contributed by atoms with E-state index in [2.05, 4.69) is 34.7 Å². The van der Waals surface area contributed by atoms with Gasteiger partial charge in [0.1, 0.15) is 0 Å². The van der Waals surface area contributed by atoms with Crippen LogP contribution in [0.1, 0.15) is 57.8 Å². The van der Waals surface area contributed by atoms with Crippen molar-refractivity contribution in [3.05, 3.63) is 5.82 Å². The first-order valence-corrected chi connectivity index (χ1v) is 7.29. The monoisotopic (exact) mass is 269 g/mol. The number of rotatable bonds is 11. The smallest absolute Gasteiger partial charge is 0.165 e. The zero-order valence-corrected chi connectivity index (χ0v) is 12.4. The molecule has 110 valence electrons. The van der Waals surface area contributed by atoms with Crippen molar-refractivity contribution in [3.63, 3.8) is 0 Å². The third-order valence-corrected chi connectivity index (χ3v) is 3.19. The molecule has 0 fully saturated rings. The zero-order chi connectivity index (χ0) is 13.9. The zero-order valence-electron chi connectivity index (χ0n) is 12.4. The predicted octanol–water partition coefficient (Wildman–Crippen LogP) is 1.94. The highest BCUT2D eigenvalue weighted by atomic mass is 16.5. The lowest BCUT2D eigenvalue weighted by Gasteiger charge is -2.17. The van der Waals surface area contributed by atoms with Crippen LogP contribution in [0.5, 0.6) is 0 Å². The van der Waals surface area contributed by atoms with Crippen LogP contribution in [0.15, 0.2) is 0 Å². The molecule has 1 aromatic heterocycles. The summed E-state index contributed by atoms with van der Waals surface area (Å²) in [6.07, 6.45) is 5.88. The molecule has 1 heterocycles. The van der Waals surface area contributed by atoms with Gasteiger partial charge in [0.15, 0.2) is 5.82 Å². The van der Waals surface area contributed by atoms with E-state index in [1.807, 2.05) is 4.68 Å². The van der Waals surface area contributed by atoms with Crippen molar-refractivity contribution in [2.75, 3.05) is 20.3 Å². The summed E-state index contributed by atoms with van der Waals surface area (Å²) in [5, 5.41) is 15.4. The maximum atomic E-state index is 5.01. The van der Waals surface area contributed by atoms with Crippen LogP contribution in [-0.4, -0.2) is 40.5 Å². The van der Waals surface area contributed by atoms with E-state index in [1.54, 1.807) is 7.11 Å². The first-order valence-electron chi connectivity index (χ1n) is 7.29. The maximum Gasteiger partial charge on any atom is 0.165 e. The minimum Gasteiger partial charge on any atom is -0.383 e. The fraction of sp³-hybridized carbons (Fsp3) is 0.923. The summed E-state index contributed by atoms with van der Waals surface area (Å²) in [6, 6.07) is 0.430. The first kappa shape index (κ1) is 16.0. The van der Waals surface area contributed by atoms with Gasteiger partial charge in [-0.1, -0.05) is 33.1 Å². The van der Waals surface area contributed by atoms with Crippen LogP contribution >= 0.6 is 0 Å². The molecule has 19 heavy (non-hydrogen) atoms. The Bertz CT molecular complexity index is 329. The SMILES string of the molecule is CCCCC(CCC)n1nnnc1CNCCOC. The fourth-order valence-corrected chi connectivity index (χ4v) is 2.15. The van der Waals surface area contributed by atoms with Gasteiger partial charge in [-0.2, -0.15) is 0 Å². The predicted molar refractivity (Wildman–Crippen MR) is 74.9 cm³/mol. The van der Waals surface area contributed by atoms with Crippen LogP contribution in [0.4, 0.5) is 0 Å². The average molecular weight is 269 g/mol. The molecule has 0 spiro atoms. The summed E-state index contributed by atoms with van der Waals surface area (Å²) >= 11 is 0. The van der Waals surface area contributed by atoms with Gasteiger partial charge in [0, 0.05) is 13.7 Å². The van der Waals surface area contributed by atoms with Crippen LogP contribution < -0.4 is 5.32 Å². The number of hydrogen-bond acceptors (Lipinski definition) is 5. The molecule has 0 bridgehead atoms. The largest absolute Gasteiger partial charge is 0.383 e. The van der Waals surface area contributed by atoms with Crippen molar-refractivity contribution in [2.45, 2.75) is 58.5 Å². The molecule has 0 radical (unpaired) electrons. The molecular weight excluding hydrogens is 242 g/mol. The average Bonchev–Trinajstić information content (AvgIpc) is 2.88. The third-order valence-electron chi connectivity index (χ3n) is 3.19. The van der Waals surface area contributed by atoms with Crippen LogP contribution in [-0.2, 0) is 11.3 Å². The Balaban J connectivity index is 2.55. The summed E-state index contributed by atoms with van der Waals surface area (Å²) in [6.45, 7) is 6.64. The lowest BCUT2D eigenvalue weighted by atomic mass is 10.1. The molecule has 0 saturated carbocycles. The van der Waals surface area contributed by atoms with Gasteiger partial charge in [0.05, 0.1) is 19.2 Å². The molecule has 1 N–H and O–H groups in total. The number of unbranched alkanes of at least 4 members (excludes halogenated alkanes) is 1. The molecule has 1 atom stereocenters. The molecule has 0 aliphatic rings. The quantitative estimate of drug-likeness (QED) is 0.622. The maximum absolute atomic E-state index is 5.01. The second-order valence-corrected chi connectivity index (χ2v) is 4.79. The highest BCUT2D eigenvalue weighted by Crippen LogP contribution is 2.20. The Morgan fingerprint density at radius 3 is 2.79 bits per heavy atom. The van der Waals surface area contributed by atoms with Crippen molar-refractivity contribution >= 4 is 0 Å². The standard InChI is InChI=1S/C13H27N5O/c1-4-6-8-12(7-5-2)18-13(15-16-17-18)11-14-9-10-19-3/h12,14H,4-11H2,1-3H3. The van der Waals surface area contributed by atoms with Crippen LogP contribution in [0.25, 0.3) is 0 Å². The Morgan fingerprint density at radius 2 is 2.11 bits per heavy atom. The van der Waals surface area contributed by atoms with Gasteiger partial charge < -0.3 is 10.1 Å². The summed E-state index contributed by atoms with van der Waals surface area (Å²) in [5.74, 6) is 0.922. The number of ether oxygens (including phenoxy) is 1. The summed E-state index contributed by atoms with van der Waals surface area (Å²) in [4.78, 5) is 0. The normalized spacial score (nSPS) is 12.8. The number of tetrazole rings is 1. The van der Waals surface area contributed by atoms with Gasteiger partial charge >= 0.3 is 0 Å². The lowest BCUT2D eigenvalue weighted by molar-refractivity contribution is 0.198. The van der Waals surface area contributed by atoms with Crippen LogP contribution in [0.3, 0.4) is 0 Å². The number of aromatic nitrogens is 4. The topological polar surface area (TPSA) is 64.9 Å². The molecule has 0 amide bonds. The molecule has 6 nitrogen and oxygen atoms in total. The summed E-state index contributed by atoms with van der Waals surface area (Å²) in [7, 11) is 1.70. The van der Waals surface area contributed by atoms with Gasteiger partial charge in [-0.05, 0) is 23.3 Å². The number of nitrogens with one attached hydrogen (secondary N) is 1. The van der Waals surface area contributed by atoms with Crippen molar-refractivity contribution in [2.24, 2.45) is 0 Å². The highest BCUT2D eigenvalue weighted by molar-refractivity contribution is 4.84. The van der Waals surface area contributed by atoms with E-state index < -0.39 is 0 Å². The van der Waals surface area contributed by atoms with E-state index in [9.17, 15) is 0 Å². The van der Waals surface area contributed by atoms with Crippen molar-refractivity contribution < 1.29 is 4.74 Å². The number of nitrogens with zero attached hydrogens (tertiary/aromatic N) is 4. The van der Waals surface area contributed by atoms with Gasteiger partial charge in [-0.15, -0.1) is 5.10 Å². The van der Waals surface area contributed by atoms with Gasteiger partial charge in [0.2, 0.25) is 0 Å². The Labute approximate surface area is 115 Å². The van der Waals surface area contributed by atoms with E-state index in [-0.39, 0.29) is 0 Å². The molecule has 0 aliphatic heterocycles. The Hall–Kier alpha value is -1.01. The van der Waals surface area contributed by atoms with E-state index >= 15 is 0 Å². The van der Waals surface area contributed by atoms with Gasteiger partial charge in [0.25, 0.3) is 0 Å². The second kappa shape index (κ2) is 9.86. The fourth-order valence-electron chi connectivity index (χ4n) is 2.15.